The molecule has 2 aromatic rings. The lowest BCUT2D eigenvalue weighted by molar-refractivity contribution is 0.226. The van der Waals surface area contributed by atoms with E-state index < -0.39 is 6.04 Å². The van der Waals surface area contributed by atoms with Crippen molar-refractivity contribution >= 4 is 17.6 Å². The van der Waals surface area contributed by atoms with E-state index in [2.05, 4.69) is 15.6 Å². The number of nitrogens with one attached hydrogen (secondary N) is 2. The number of nitrogens with zero attached hydrogens (tertiary/aromatic N) is 1. The average Bonchev–Trinajstić information content (AvgIpc) is 2.60. The smallest absolute Gasteiger partial charge is 0.315 e. The fourth-order valence-electron chi connectivity index (χ4n) is 2.45. The van der Waals surface area contributed by atoms with Crippen molar-refractivity contribution < 1.29 is 9.90 Å². The molecule has 2 unspecified atom stereocenters. The Morgan fingerprint density at radius 3 is 2.71 bits per heavy atom. The zero-order valence-corrected chi connectivity index (χ0v) is 14.3. The van der Waals surface area contributed by atoms with Gasteiger partial charge in [-0.25, -0.2) is 4.79 Å². The summed E-state index contributed by atoms with van der Waals surface area (Å²) < 4.78 is 0. The molecule has 2 atom stereocenters. The van der Waals surface area contributed by atoms with Crippen LogP contribution in [0.25, 0.3) is 0 Å². The van der Waals surface area contributed by atoms with E-state index in [1.165, 1.54) is 0 Å². The lowest BCUT2D eigenvalue weighted by Crippen LogP contribution is -2.44. The van der Waals surface area contributed by atoms with Crippen molar-refractivity contribution in [1.82, 2.24) is 15.6 Å². The fourth-order valence-corrected chi connectivity index (χ4v) is 2.65. The molecule has 2 rings (SSSR count). The standard InChI is InChI=1S/C18H22ClN3O2/c1-2-15(9-11-23)21-18(24)22-17(16-8-3-4-10-20-16)13-6-5-7-14(19)12-13/h3-8,10,12,15,17,23H,2,9,11H2,1H3,(H2,21,22,24). The van der Waals surface area contributed by atoms with E-state index in [4.69, 9.17) is 16.7 Å². The molecule has 0 bridgehead atoms. The summed E-state index contributed by atoms with van der Waals surface area (Å²) in [7, 11) is 0. The maximum absolute atomic E-state index is 12.4. The van der Waals surface area contributed by atoms with Gasteiger partial charge >= 0.3 is 6.03 Å². The Balaban J connectivity index is 2.19. The van der Waals surface area contributed by atoms with Gasteiger partial charge in [0.05, 0.1) is 11.7 Å². The van der Waals surface area contributed by atoms with Crippen LogP contribution >= 0.6 is 11.6 Å². The monoisotopic (exact) mass is 347 g/mol. The van der Waals surface area contributed by atoms with Crippen molar-refractivity contribution in [3.63, 3.8) is 0 Å². The van der Waals surface area contributed by atoms with Gasteiger partial charge in [-0.15, -0.1) is 0 Å². The van der Waals surface area contributed by atoms with Gasteiger partial charge in [-0.05, 0) is 42.7 Å². The van der Waals surface area contributed by atoms with Gasteiger partial charge in [-0.1, -0.05) is 36.7 Å². The molecule has 24 heavy (non-hydrogen) atoms. The first kappa shape index (κ1) is 18.2. The first-order valence-corrected chi connectivity index (χ1v) is 8.36. The van der Waals surface area contributed by atoms with Gasteiger partial charge in [0.15, 0.2) is 0 Å². The van der Waals surface area contributed by atoms with Gasteiger partial charge in [0.1, 0.15) is 0 Å². The summed E-state index contributed by atoms with van der Waals surface area (Å²) >= 11 is 6.08. The summed E-state index contributed by atoms with van der Waals surface area (Å²) in [5.74, 6) is 0. The molecule has 0 radical (unpaired) electrons. The Labute approximate surface area is 147 Å². The quantitative estimate of drug-likeness (QED) is 0.719. The predicted octanol–water partition coefficient (Wildman–Crippen LogP) is 3.28. The van der Waals surface area contributed by atoms with Gasteiger partial charge in [-0.3, -0.25) is 4.98 Å². The summed E-state index contributed by atoms with van der Waals surface area (Å²) in [6, 6.07) is 12.1. The summed E-state index contributed by atoms with van der Waals surface area (Å²) in [4.78, 5) is 16.7. The van der Waals surface area contributed by atoms with E-state index in [0.717, 1.165) is 17.7 Å². The molecule has 0 fully saturated rings. The number of amides is 2. The number of pyridine rings is 1. The molecular formula is C18H22ClN3O2. The molecule has 0 aliphatic carbocycles. The molecule has 128 valence electrons. The summed E-state index contributed by atoms with van der Waals surface area (Å²) in [5, 5.41) is 15.5. The van der Waals surface area contributed by atoms with E-state index in [1.54, 1.807) is 12.3 Å². The Kier molecular flexibility index (Phi) is 7.03. The Bertz CT molecular complexity index is 652. The SMILES string of the molecule is CCC(CCO)NC(=O)NC(c1cccc(Cl)c1)c1ccccn1. The van der Waals surface area contributed by atoms with E-state index in [9.17, 15) is 4.79 Å². The number of carbonyl (C=O) groups excluding carboxylic acids is 1. The molecule has 1 heterocycles. The lowest BCUT2D eigenvalue weighted by atomic mass is 10.0. The second-order valence-electron chi connectivity index (χ2n) is 5.48. The number of halogens is 1. The number of aliphatic hydroxyl groups excluding tert-OH is 1. The van der Waals surface area contributed by atoms with Crippen molar-refractivity contribution in [2.45, 2.75) is 31.8 Å². The minimum absolute atomic E-state index is 0.0384. The summed E-state index contributed by atoms with van der Waals surface area (Å²) in [5.41, 5.74) is 1.58. The van der Waals surface area contributed by atoms with Crippen LogP contribution in [0.2, 0.25) is 5.02 Å². The normalized spacial score (nSPS) is 13.1. The third-order valence-electron chi connectivity index (χ3n) is 3.75. The second kappa shape index (κ2) is 9.25. The predicted molar refractivity (Wildman–Crippen MR) is 95.0 cm³/mol. The van der Waals surface area contributed by atoms with Crippen LogP contribution in [0.1, 0.15) is 37.1 Å². The van der Waals surface area contributed by atoms with E-state index in [1.807, 2.05) is 43.3 Å². The first-order valence-electron chi connectivity index (χ1n) is 7.98. The summed E-state index contributed by atoms with van der Waals surface area (Å²) in [6.45, 7) is 2.00. The lowest BCUT2D eigenvalue weighted by Gasteiger charge is -2.22. The highest BCUT2D eigenvalue weighted by Gasteiger charge is 2.19. The zero-order chi connectivity index (χ0) is 17.4. The van der Waals surface area contributed by atoms with Crippen LogP contribution in [0.5, 0.6) is 0 Å². The van der Waals surface area contributed by atoms with Crippen molar-refractivity contribution in [3.8, 4) is 0 Å². The number of aliphatic hydroxyl groups is 1. The molecule has 1 aromatic heterocycles. The second-order valence-corrected chi connectivity index (χ2v) is 5.91. The molecular weight excluding hydrogens is 326 g/mol. The van der Waals surface area contributed by atoms with Crippen LogP contribution in [-0.4, -0.2) is 28.8 Å². The molecule has 6 heteroatoms. The fraction of sp³-hybridized carbons (Fsp3) is 0.333. The number of carbonyl (C=O) groups is 1. The van der Waals surface area contributed by atoms with Gasteiger partial charge in [0, 0.05) is 23.9 Å². The molecule has 0 aliphatic rings. The molecule has 1 aromatic carbocycles. The first-order chi connectivity index (χ1) is 11.6. The van der Waals surface area contributed by atoms with Gasteiger partial charge in [0.25, 0.3) is 0 Å². The maximum atomic E-state index is 12.4. The average molecular weight is 348 g/mol. The Morgan fingerprint density at radius 1 is 1.25 bits per heavy atom. The number of hydrogen-bond acceptors (Lipinski definition) is 3. The molecule has 0 aliphatic heterocycles. The number of aromatic nitrogens is 1. The van der Waals surface area contributed by atoms with Crippen molar-refractivity contribution in [3.05, 3.63) is 64.9 Å². The van der Waals surface area contributed by atoms with E-state index in [0.29, 0.717) is 11.4 Å². The van der Waals surface area contributed by atoms with Gasteiger partial charge in [0.2, 0.25) is 0 Å². The number of hydrogen-bond donors (Lipinski definition) is 3. The van der Waals surface area contributed by atoms with Crippen LogP contribution in [0, 0.1) is 0 Å². The van der Waals surface area contributed by atoms with Crippen LogP contribution in [-0.2, 0) is 0 Å². The van der Waals surface area contributed by atoms with Gasteiger partial charge < -0.3 is 15.7 Å². The van der Waals surface area contributed by atoms with Crippen LogP contribution in [0.15, 0.2) is 48.7 Å². The third kappa shape index (κ3) is 5.22. The molecule has 0 spiro atoms. The van der Waals surface area contributed by atoms with Gasteiger partial charge in [-0.2, -0.15) is 0 Å². The number of benzene rings is 1. The number of urea groups is 1. The highest BCUT2D eigenvalue weighted by atomic mass is 35.5. The Morgan fingerprint density at radius 2 is 2.08 bits per heavy atom. The molecule has 5 nitrogen and oxygen atoms in total. The zero-order valence-electron chi connectivity index (χ0n) is 13.6. The molecule has 3 N–H and O–H groups in total. The molecule has 0 saturated carbocycles. The highest BCUT2D eigenvalue weighted by molar-refractivity contribution is 6.30. The minimum atomic E-state index is -0.406. The van der Waals surface area contributed by atoms with Crippen LogP contribution < -0.4 is 10.6 Å². The van der Waals surface area contributed by atoms with Crippen LogP contribution in [0.3, 0.4) is 0 Å². The molecule has 2 amide bonds. The van der Waals surface area contributed by atoms with E-state index in [-0.39, 0.29) is 18.7 Å². The van der Waals surface area contributed by atoms with Crippen molar-refractivity contribution in [2.75, 3.05) is 6.61 Å². The largest absolute Gasteiger partial charge is 0.396 e. The summed E-state index contributed by atoms with van der Waals surface area (Å²) in [6.07, 6.45) is 2.96. The highest BCUT2D eigenvalue weighted by Crippen LogP contribution is 2.23. The minimum Gasteiger partial charge on any atom is -0.396 e. The van der Waals surface area contributed by atoms with Crippen LogP contribution in [0.4, 0.5) is 4.79 Å². The third-order valence-corrected chi connectivity index (χ3v) is 3.98. The van der Waals surface area contributed by atoms with Crippen molar-refractivity contribution in [2.24, 2.45) is 0 Å². The Hall–Kier alpha value is -2.11. The molecule has 0 saturated heterocycles. The number of rotatable bonds is 7. The maximum Gasteiger partial charge on any atom is 0.315 e. The topological polar surface area (TPSA) is 74.2 Å². The van der Waals surface area contributed by atoms with E-state index >= 15 is 0 Å². The van der Waals surface area contributed by atoms with Crippen molar-refractivity contribution in [1.29, 1.82) is 0 Å².